The number of hydrogen-bond acceptors (Lipinski definition) is 1. The van der Waals surface area contributed by atoms with Crippen LogP contribution >= 0.6 is 0 Å². The summed E-state index contributed by atoms with van der Waals surface area (Å²) in [5, 5.41) is 3.44. The Balaban J connectivity index is 2.09. The van der Waals surface area contributed by atoms with E-state index in [1.807, 2.05) is 0 Å². The zero-order chi connectivity index (χ0) is 7.94. The molecule has 0 aliphatic heterocycles. The van der Waals surface area contributed by atoms with E-state index in [1.165, 1.54) is 32.1 Å². The monoisotopic (exact) mass is 153 g/mol. The second-order valence-corrected chi connectivity index (χ2v) is 3.31. The van der Waals surface area contributed by atoms with Gasteiger partial charge in [0.15, 0.2) is 0 Å². The lowest BCUT2D eigenvalue weighted by Gasteiger charge is -2.21. The topological polar surface area (TPSA) is 12.0 Å². The van der Waals surface area contributed by atoms with Gasteiger partial charge in [-0.25, -0.2) is 0 Å². The number of allylic oxidation sites excluding steroid dienone is 1. The molecule has 0 spiro atoms. The van der Waals surface area contributed by atoms with Gasteiger partial charge in [-0.3, -0.25) is 0 Å². The Kier molecular flexibility index (Phi) is 4.10. The van der Waals surface area contributed by atoms with Gasteiger partial charge < -0.3 is 5.32 Å². The van der Waals surface area contributed by atoms with Gasteiger partial charge >= 0.3 is 0 Å². The summed E-state index contributed by atoms with van der Waals surface area (Å²) in [6.45, 7) is 2.17. The summed E-state index contributed by atoms with van der Waals surface area (Å²) in [5.41, 5.74) is 0. The maximum absolute atomic E-state index is 3.44. The highest BCUT2D eigenvalue weighted by Gasteiger charge is 2.10. The van der Waals surface area contributed by atoms with Gasteiger partial charge in [-0.05, 0) is 25.5 Å². The first kappa shape index (κ1) is 8.63. The quantitative estimate of drug-likeness (QED) is 0.657. The number of rotatable bonds is 3. The van der Waals surface area contributed by atoms with Crippen molar-refractivity contribution in [2.75, 3.05) is 0 Å². The van der Waals surface area contributed by atoms with Crippen LogP contribution in [0.2, 0.25) is 0 Å². The zero-order valence-electron chi connectivity index (χ0n) is 7.47. The van der Waals surface area contributed by atoms with E-state index < -0.39 is 0 Å². The van der Waals surface area contributed by atoms with E-state index in [4.69, 9.17) is 0 Å². The summed E-state index contributed by atoms with van der Waals surface area (Å²) in [5.74, 6) is 0. The molecule has 1 N–H and O–H groups in total. The minimum Gasteiger partial charge on any atom is -0.388 e. The Morgan fingerprint density at radius 3 is 2.64 bits per heavy atom. The molecule has 0 aromatic rings. The molecule has 1 fully saturated rings. The van der Waals surface area contributed by atoms with E-state index >= 15 is 0 Å². The predicted molar refractivity (Wildman–Crippen MR) is 49.4 cm³/mol. The van der Waals surface area contributed by atoms with Crippen LogP contribution in [0.1, 0.15) is 45.4 Å². The second kappa shape index (κ2) is 5.22. The van der Waals surface area contributed by atoms with Crippen molar-refractivity contribution in [2.24, 2.45) is 0 Å². The summed E-state index contributed by atoms with van der Waals surface area (Å²) in [7, 11) is 0. The summed E-state index contributed by atoms with van der Waals surface area (Å²) >= 11 is 0. The average molecular weight is 153 g/mol. The van der Waals surface area contributed by atoms with Crippen molar-refractivity contribution in [1.29, 1.82) is 0 Å². The molecule has 0 aromatic carbocycles. The van der Waals surface area contributed by atoms with Gasteiger partial charge in [-0.1, -0.05) is 32.3 Å². The maximum Gasteiger partial charge on any atom is 0.0255 e. The molecule has 1 nitrogen and oxygen atoms in total. The van der Waals surface area contributed by atoms with Crippen LogP contribution < -0.4 is 5.32 Å². The van der Waals surface area contributed by atoms with Crippen LogP contribution in [0.25, 0.3) is 0 Å². The van der Waals surface area contributed by atoms with E-state index in [0.29, 0.717) is 0 Å². The molecule has 0 unspecified atom stereocenters. The normalized spacial score (nSPS) is 20.8. The molecule has 1 rings (SSSR count). The molecular weight excluding hydrogens is 134 g/mol. The highest BCUT2D eigenvalue weighted by molar-refractivity contribution is 4.83. The van der Waals surface area contributed by atoms with E-state index in [0.717, 1.165) is 12.5 Å². The lowest BCUT2D eigenvalue weighted by Crippen LogP contribution is -2.26. The van der Waals surface area contributed by atoms with Gasteiger partial charge in [0.25, 0.3) is 0 Å². The van der Waals surface area contributed by atoms with Gasteiger partial charge in [0, 0.05) is 6.04 Å². The fraction of sp³-hybridized carbons (Fsp3) is 0.800. The molecular formula is C10H19N. The fourth-order valence-electron chi connectivity index (χ4n) is 1.59. The molecule has 0 saturated heterocycles. The van der Waals surface area contributed by atoms with Crippen LogP contribution in [0.5, 0.6) is 0 Å². The van der Waals surface area contributed by atoms with Crippen molar-refractivity contribution in [3.63, 3.8) is 0 Å². The maximum atomic E-state index is 3.44. The van der Waals surface area contributed by atoms with Crippen molar-refractivity contribution < 1.29 is 0 Å². The molecule has 1 aliphatic rings. The van der Waals surface area contributed by atoms with E-state index in [2.05, 4.69) is 24.5 Å². The van der Waals surface area contributed by atoms with E-state index in [-0.39, 0.29) is 0 Å². The molecule has 1 heteroatoms. The standard InChI is InChI=1S/C10H19N/c1-2-3-9-11-10-7-5-4-6-8-10/h3,9-11H,2,4-8H2,1H3/b9-3+. The van der Waals surface area contributed by atoms with Crippen LogP contribution in [-0.2, 0) is 0 Å². The minimum absolute atomic E-state index is 0.770. The molecule has 11 heavy (non-hydrogen) atoms. The average Bonchev–Trinajstić information content (AvgIpc) is 2.07. The van der Waals surface area contributed by atoms with Crippen molar-refractivity contribution >= 4 is 0 Å². The Bertz CT molecular complexity index is 112. The highest BCUT2D eigenvalue weighted by atomic mass is 14.9. The van der Waals surface area contributed by atoms with Gasteiger partial charge in [-0.15, -0.1) is 0 Å². The molecule has 1 aliphatic carbocycles. The number of nitrogens with one attached hydrogen (secondary N) is 1. The summed E-state index contributed by atoms with van der Waals surface area (Å²) in [6, 6.07) is 0.770. The van der Waals surface area contributed by atoms with Crippen LogP contribution in [0, 0.1) is 0 Å². The van der Waals surface area contributed by atoms with Gasteiger partial charge in [0.1, 0.15) is 0 Å². The van der Waals surface area contributed by atoms with Crippen molar-refractivity contribution in [3.8, 4) is 0 Å². The Morgan fingerprint density at radius 1 is 1.27 bits per heavy atom. The first-order valence-corrected chi connectivity index (χ1v) is 4.84. The third-order valence-corrected chi connectivity index (χ3v) is 2.29. The summed E-state index contributed by atoms with van der Waals surface area (Å²) < 4.78 is 0. The fourth-order valence-corrected chi connectivity index (χ4v) is 1.59. The van der Waals surface area contributed by atoms with Crippen molar-refractivity contribution in [3.05, 3.63) is 12.3 Å². The smallest absolute Gasteiger partial charge is 0.0255 e. The van der Waals surface area contributed by atoms with Crippen LogP contribution in [0.15, 0.2) is 12.3 Å². The van der Waals surface area contributed by atoms with Crippen LogP contribution in [0.3, 0.4) is 0 Å². The van der Waals surface area contributed by atoms with Crippen molar-refractivity contribution in [2.45, 2.75) is 51.5 Å². The minimum atomic E-state index is 0.770. The van der Waals surface area contributed by atoms with E-state index in [1.54, 1.807) is 0 Å². The van der Waals surface area contributed by atoms with Gasteiger partial charge in [0.05, 0.1) is 0 Å². The molecule has 0 aromatic heterocycles. The molecule has 1 saturated carbocycles. The Morgan fingerprint density at radius 2 is 2.00 bits per heavy atom. The van der Waals surface area contributed by atoms with Gasteiger partial charge in [-0.2, -0.15) is 0 Å². The predicted octanol–water partition coefficient (Wildman–Crippen LogP) is 2.83. The molecule has 64 valence electrons. The zero-order valence-corrected chi connectivity index (χ0v) is 7.47. The number of hydrogen-bond donors (Lipinski definition) is 1. The Labute approximate surface area is 69.9 Å². The van der Waals surface area contributed by atoms with Gasteiger partial charge in [0.2, 0.25) is 0 Å². The Hall–Kier alpha value is -0.460. The van der Waals surface area contributed by atoms with Crippen molar-refractivity contribution in [1.82, 2.24) is 5.32 Å². The molecule has 0 bridgehead atoms. The lowest BCUT2D eigenvalue weighted by atomic mass is 9.96. The second-order valence-electron chi connectivity index (χ2n) is 3.31. The lowest BCUT2D eigenvalue weighted by molar-refractivity contribution is 0.404. The van der Waals surface area contributed by atoms with Crippen LogP contribution in [0.4, 0.5) is 0 Å². The third kappa shape index (κ3) is 3.45. The summed E-state index contributed by atoms with van der Waals surface area (Å²) in [4.78, 5) is 0. The SMILES string of the molecule is CC/C=C/NC1CCCCC1. The molecule has 0 amide bonds. The third-order valence-electron chi connectivity index (χ3n) is 2.29. The highest BCUT2D eigenvalue weighted by Crippen LogP contribution is 2.17. The largest absolute Gasteiger partial charge is 0.388 e. The molecule has 0 radical (unpaired) electrons. The molecule has 0 heterocycles. The first-order chi connectivity index (χ1) is 5.43. The first-order valence-electron chi connectivity index (χ1n) is 4.84. The molecule has 0 atom stereocenters. The summed E-state index contributed by atoms with van der Waals surface area (Å²) in [6.07, 6.45) is 12.5. The van der Waals surface area contributed by atoms with E-state index in [9.17, 15) is 0 Å². The van der Waals surface area contributed by atoms with Crippen LogP contribution in [-0.4, -0.2) is 6.04 Å².